The second kappa shape index (κ2) is 16.0. The molecular weight excluding hydrogens is 700 g/mol. The maximum absolute atomic E-state index is 13.8. The van der Waals surface area contributed by atoms with E-state index >= 15 is 0 Å². The Labute approximate surface area is 323 Å². The number of halogens is 1. The summed E-state index contributed by atoms with van der Waals surface area (Å²) in [4.78, 5) is 18.5. The molecule has 3 aromatic rings. The van der Waals surface area contributed by atoms with Gasteiger partial charge < -0.3 is 15.0 Å². The van der Waals surface area contributed by atoms with Crippen LogP contribution < -0.4 is 10.1 Å². The number of sulfonamides is 1. The third-order valence-corrected chi connectivity index (χ3v) is 14.2. The molecule has 8 nitrogen and oxygen atoms in total. The minimum absolute atomic E-state index is 0.0184. The molecule has 6 atom stereocenters. The molecule has 1 aliphatic heterocycles. The van der Waals surface area contributed by atoms with Gasteiger partial charge in [-0.2, -0.15) is 4.31 Å². The van der Waals surface area contributed by atoms with Crippen molar-refractivity contribution in [2.45, 2.75) is 105 Å². The fourth-order valence-corrected chi connectivity index (χ4v) is 11.1. The summed E-state index contributed by atoms with van der Waals surface area (Å²) in [7, 11) is 0.608. The van der Waals surface area contributed by atoms with Gasteiger partial charge in [0.1, 0.15) is 23.4 Å². The number of likely N-dealkylation sites (N-methyl/N-ethyl adjacent to an activating group) is 1. The molecule has 7 rings (SSSR count). The van der Waals surface area contributed by atoms with Gasteiger partial charge in [0.25, 0.3) is 0 Å². The molecule has 0 radical (unpaired) electrons. The maximum atomic E-state index is 13.8. The monoisotopic (exact) mass is 760 g/mol. The summed E-state index contributed by atoms with van der Waals surface area (Å²) in [5, 5.41) is 3.31. The van der Waals surface area contributed by atoms with E-state index in [-0.39, 0.29) is 41.5 Å². The van der Waals surface area contributed by atoms with Gasteiger partial charge in [-0.1, -0.05) is 84.0 Å². The number of nitrogens with one attached hydrogen (secondary N) is 1. The number of para-hydroxylation sites is 1. The quantitative estimate of drug-likeness (QED) is 0.179. The Morgan fingerprint density at radius 2 is 1.70 bits per heavy atom. The molecule has 0 aromatic heterocycles. The van der Waals surface area contributed by atoms with Crippen LogP contribution in [0.15, 0.2) is 72.8 Å². The van der Waals surface area contributed by atoms with Crippen molar-refractivity contribution in [3.63, 3.8) is 0 Å². The van der Waals surface area contributed by atoms with Crippen LogP contribution in [-0.4, -0.2) is 72.9 Å². The zero-order chi connectivity index (χ0) is 39.0. The van der Waals surface area contributed by atoms with Gasteiger partial charge in [-0.05, 0) is 110 Å². The summed E-state index contributed by atoms with van der Waals surface area (Å²) < 4.78 is 48.3. The summed E-state index contributed by atoms with van der Waals surface area (Å²) in [6.45, 7) is 16.0. The van der Waals surface area contributed by atoms with Gasteiger partial charge in [-0.15, -0.1) is 0 Å². The van der Waals surface area contributed by atoms with Crippen molar-refractivity contribution < 1.29 is 22.3 Å². The summed E-state index contributed by atoms with van der Waals surface area (Å²) in [6.07, 6.45) is 3.44. The summed E-state index contributed by atoms with van der Waals surface area (Å²) in [6, 6.07) is 21.8. The first-order valence-corrected chi connectivity index (χ1v) is 21.3. The van der Waals surface area contributed by atoms with Crippen molar-refractivity contribution in [1.82, 2.24) is 19.4 Å². The lowest BCUT2D eigenvalue weighted by molar-refractivity contribution is -0.136. The van der Waals surface area contributed by atoms with Crippen LogP contribution in [0.4, 0.5) is 4.39 Å². The Kier molecular flexibility index (Phi) is 12.0. The van der Waals surface area contributed by atoms with E-state index in [2.05, 4.69) is 89.0 Å². The molecule has 1 saturated heterocycles. The number of benzene rings is 3. The minimum Gasteiger partial charge on any atom is -0.457 e. The first-order chi connectivity index (χ1) is 25.4. The highest BCUT2D eigenvalue weighted by Crippen LogP contribution is 2.61. The molecule has 0 spiro atoms. The van der Waals surface area contributed by atoms with E-state index < -0.39 is 16.1 Å². The number of fused-ring (bicyclic) bond motifs is 2. The van der Waals surface area contributed by atoms with Crippen molar-refractivity contribution in [2.75, 3.05) is 26.4 Å². The second-order valence-electron chi connectivity index (χ2n) is 18.3. The summed E-state index contributed by atoms with van der Waals surface area (Å²) in [5.41, 5.74) is 3.32. The number of ether oxygens (including phenoxy) is 1. The van der Waals surface area contributed by atoms with Gasteiger partial charge >= 0.3 is 0 Å². The van der Waals surface area contributed by atoms with Gasteiger partial charge in [0, 0.05) is 43.8 Å². The van der Waals surface area contributed by atoms with Crippen molar-refractivity contribution in [1.29, 1.82) is 0 Å². The first kappa shape index (κ1) is 40.4. The van der Waals surface area contributed by atoms with Gasteiger partial charge in [-0.3, -0.25) is 9.69 Å². The summed E-state index contributed by atoms with van der Waals surface area (Å²) >= 11 is 0. The fourth-order valence-electron chi connectivity index (χ4n) is 9.38. The van der Waals surface area contributed by atoms with Crippen LogP contribution in [0.5, 0.6) is 11.5 Å². The van der Waals surface area contributed by atoms with Crippen molar-refractivity contribution in [3.8, 4) is 11.5 Å². The normalized spacial score (nSPS) is 25.4. The number of rotatable bonds is 14. The van der Waals surface area contributed by atoms with E-state index in [1.807, 2.05) is 30.3 Å². The molecule has 1 amide bonds. The molecule has 10 heteroatoms. The van der Waals surface area contributed by atoms with Gasteiger partial charge in [0.05, 0.1) is 5.75 Å². The van der Waals surface area contributed by atoms with Crippen LogP contribution in [0.25, 0.3) is 0 Å². The largest absolute Gasteiger partial charge is 0.457 e. The molecule has 1 heterocycles. The van der Waals surface area contributed by atoms with E-state index in [4.69, 9.17) is 4.74 Å². The Morgan fingerprint density at radius 3 is 2.37 bits per heavy atom. The lowest BCUT2D eigenvalue weighted by Gasteiger charge is -2.62. The SMILES string of the molecule is C[C@@H]1[C@@H](NC(=O)[C@@H]2CCS(=O)(=O)N2Cc2cccc(CN(Cc3ccccc3Oc3ccc(F)cc3)[C@H](CN(C)C)CC(C)(C)C)c2)C[C@H]2C[C@@H]1C2(C)C. The number of nitrogens with zero attached hydrogens (tertiary/aromatic N) is 3. The lowest BCUT2D eigenvalue weighted by atomic mass is 9.45. The van der Waals surface area contributed by atoms with Crippen LogP contribution in [0.1, 0.15) is 83.9 Å². The zero-order valence-corrected chi connectivity index (χ0v) is 34.3. The summed E-state index contributed by atoms with van der Waals surface area (Å²) in [5.74, 6) is 2.36. The average molecular weight is 761 g/mol. The zero-order valence-electron chi connectivity index (χ0n) is 33.5. The second-order valence-corrected chi connectivity index (χ2v) is 20.3. The fraction of sp³-hybridized carbons (Fsp3) is 0.568. The van der Waals surface area contributed by atoms with Crippen LogP contribution in [0, 0.1) is 34.4 Å². The third kappa shape index (κ3) is 9.37. The van der Waals surface area contributed by atoms with Crippen LogP contribution >= 0.6 is 0 Å². The molecule has 294 valence electrons. The van der Waals surface area contributed by atoms with E-state index in [9.17, 15) is 17.6 Å². The van der Waals surface area contributed by atoms with Crippen LogP contribution in [0.2, 0.25) is 0 Å². The topological polar surface area (TPSA) is 82.2 Å². The minimum atomic E-state index is -3.59. The van der Waals surface area contributed by atoms with E-state index in [1.165, 1.54) is 22.9 Å². The van der Waals surface area contributed by atoms with Gasteiger partial charge in [-0.25, -0.2) is 12.8 Å². The molecule has 3 aromatic carbocycles. The molecule has 4 fully saturated rings. The van der Waals surface area contributed by atoms with Crippen molar-refractivity contribution >= 4 is 15.9 Å². The predicted molar refractivity (Wildman–Crippen MR) is 214 cm³/mol. The molecule has 1 N–H and O–H groups in total. The number of carbonyl (C=O) groups is 1. The standard InChI is InChI=1S/C44H61FN4O4S/c1-30-38-23-34(44(38,5)6)24-39(30)46-42(50)40-20-21-54(51,52)49(40)27-32-13-11-12-31(22-32)26-48(36(29-47(7)8)25-43(2,3)4)28-33-14-9-10-15-41(33)53-37-18-16-35(45)17-19-37/h9-19,22,30,34,36,38-40H,20-21,23-29H2,1-8H3,(H,46,50)/t30-,34+,36-,38-,39-,40-/m0/s1. The lowest BCUT2D eigenvalue weighted by Crippen LogP contribution is -2.61. The smallest absolute Gasteiger partial charge is 0.238 e. The highest BCUT2D eigenvalue weighted by Gasteiger charge is 2.56. The molecule has 4 aliphatic rings. The maximum Gasteiger partial charge on any atom is 0.238 e. The average Bonchev–Trinajstić information content (AvgIpc) is 3.39. The van der Waals surface area contributed by atoms with E-state index in [0.717, 1.165) is 36.1 Å². The van der Waals surface area contributed by atoms with Gasteiger partial charge in [0.15, 0.2) is 0 Å². The molecule has 3 saturated carbocycles. The van der Waals surface area contributed by atoms with Crippen molar-refractivity contribution in [3.05, 3.63) is 95.3 Å². The Hall–Kier alpha value is -3.31. The van der Waals surface area contributed by atoms with E-state index in [0.29, 0.717) is 54.2 Å². The van der Waals surface area contributed by atoms with E-state index in [1.54, 1.807) is 12.1 Å². The Morgan fingerprint density at radius 1 is 1.00 bits per heavy atom. The number of amides is 1. The van der Waals surface area contributed by atoms with Crippen LogP contribution in [-0.2, 0) is 34.5 Å². The van der Waals surface area contributed by atoms with Gasteiger partial charge in [0.2, 0.25) is 15.9 Å². The Balaban J connectivity index is 1.22. The highest BCUT2D eigenvalue weighted by atomic mass is 32.2. The predicted octanol–water partition coefficient (Wildman–Crippen LogP) is 8.08. The number of hydrogen-bond donors (Lipinski definition) is 1. The number of carbonyl (C=O) groups excluding carboxylic acids is 1. The van der Waals surface area contributed by atoms with Crippen LogP contribution in [0.3, 0.4) is 0 Å². The molecule has 54 heavy (non-hydrogen) atoms. The molecule has 3 aliphatic carbocycles. The van der Waals surface area contributed by atoms with Crippen molar-refractivity contribution in [2.24, 2.45) is 28.6 Å². The highest BCUT2D eigenvalue weighted by molar-refractivity contribution is 7.89. The number of hydrogen-bond acceptors (Lipinski definition) is 6. The third-order valence-electron chi connectivity index (χ3n) is 12.4. The Bertz CT molecular complexity index is 1880. The first-order valence-electron chi connectivity index (χ1n) is 19.7. The molecule has 2 bridgehead atoms. The molecular formula is C44H61FN4O4S. The molecule has 0 unspecified atom stereocenters.